The molecule has 266 valence electrons. The van der Waals surface area contributed by atoms with Gasteiger partial charge in [0.15, 0.2) is 12.4 Å². The van der Waals surface area contributed by atoms with Crippen LogP contribution in [0.4, 0.5) is 4.79 Å². The van der Waals surface area contributed by atoms with Crippen LogP contribution in [0.2, 0.25) is 0 Å². The highest BCUT2D eigenvalue weighted by molar-refractivity contribution is 7.86. The van der Waals surface area contributed by atoms with Gasteiger partial charge in [0.25, 0.3) is 10.1 Å². The predicted octanol–water partition coefficient (Wildman–Crippen LogP) is 5.23. The summed E-state index contributed by atoms with van der Waals surface area (Å²) in [4.78, 5) is 25.4. The van der Waals surface area contributed by atoms with Crippen molar-refractivity contribution in [1.82, 2.24) is 5.32 Å². The summed E-state index contributed by atoms with van der Waals surface area (Å²) in [5.41, 5.74) is 1.71. The topological polar surface area (TPSA) is 145 Å². The lowest BCUT2D eigenvalue weighted by Crippen LogP contribution is -2.62. The number of ether oxygens (including phenoxy) is 6. The first-order chi connectivity index (χ1) is 23.2. The Bertz CT molecular complexity index is 1350. The largest absolute Gasteiger partial charge is 0.457 e. The Morgan fingerprint density at radius 2 is 1.58 bits per heavy atom. The number of benzene rings is 2. The van der Waals surface area contributed by atoms with Crippen molar-refractivity contribution < 1.29 is 50.6 Å². The fourth-order valence-electron chi connectivity index (χ4n) is 4.73. The van der Waals surface area contributed by atoms with Crippen molar-refractivity contribution in [3.05, 3.63) is 78.4 Å². The molecule has 1 heterocycles. The number of hydrogen-bond acceptors (Lipinski definition) is 11. The normalized spacial score (nSPS) is 20.9. The highest BCUT2D eigenvalue weighted by Crippen LogP contribution is 2.31. The van der Waals surface area contributed by atoms with E-state index < -0.39 is 59.5 Å². The van der Waals surface area contributed by atoms with E-state index in [1.807, 2.05) is 51.1 Å². The quantitative estimate of drug-likeness (QED) is 0.0796. The van der Waals surface area contributed by atoms with Gasteiger partial charge in [0.05, 0.1) is 24.5 Å². The van der Waals surface area contributed by atoms with Gasteiger partial charge in [-0.25, -0.2) is 4.79 Å². The molecule has 2 aromatic rings. The fraction of sp³-hybridized carbons (Fsp3) is 0.543. The van der Waals surface area contributed by atoms with Crippen LogP contribution in [-0.2, 0) is 54.1 Å². The van der Waals surface area contributed by atoms with Crippen molar-refractivity contribution in [3.63, 3.8) is 0 Å². The van der Waals surface area contributed by atoms with Crippen LogP contribution in [0.25, 0.3) is 0 Å². The maximum atomic E-state index is 13.2. The highest BCUT2D eigenvalue weighted by Gasteiger charge is 2.50. The highest BCUT2D eigenvalue weighted by atomic mass is 32.2. The van der Waals surface area contributed by atoms with Gasteiger partial charge in [0.2, 0.25) is 0 Å². The number of carbonyl (C=O) groups excluding carboxylic acids is 2. The third-order valence-corrected chi connectivity index (χ3v) is 8.66. The standard InChI is InChI=1S/C35H49NO11S/c1-5-8-22-41-32-31(47-30(37)19-20-36-35(38)44-24-27-13-11-10-12-14-27)29(25-45-48(39,40)28-17-15-26(4)16-18-28)46-34(43-21-7-3)33(32)42-23-9-6-2/h7,10-18,29,31-34H,3,5-6,8-9,19-25H2,1-2,4H3,(H,36,38). The molecule has 1 aliphatic heterocycles. The van der Waals surface area contributed by atoms with Crippen LogP contribution in [0.15, 0.2) is 72.1 Å². The van der Waals surface area contributed by atoms with Gasteiger partial charge < -0.3 is 33.7 Å². The second-order valence-electron chi connectivity index (χ2n) is 11.3. The van der Waals surface area contributed by atoms with Crippen LogP contribution in [0.1, 0.15) is 57.1 Å². The Balaban J connectivity index is 1.78. The van der Waals surface area contributed by atoms with Crippen LogP contribution < -0.4 is 5.32 Å². The third-order valence-electron chi connectivity index (χ3n) is 7.36. The van der Waals surface area contributed by atoms with Crippen LogP contribution in [0, 0.1) is 6.92 Å². The van der Waals surface area contributed by atoms with Crippen LogP contribution in [0.3, 0.4) is 0 Å². The Kier molecular flexibility index (Phi) is 17.0. The number of esters is 1. The van der Waals surface area contributed by atoms with E-state index in [0.29, 0.717) is 13.2 Å². The monoisotopic (exact) mass is 691 g/mol. The Hall–Kier alpha value is -3.33. The molecular weight excluding hydrogens is 642 g/mol. The van der Waals surface area contributed by atoms with E-state index >= 15 is 0 Å². The van der Waals surface area contributed by atoms with Gasteiger partial charge in [-0.2, -0.15) is 8.42 Å². The summed E-state index contributed by atoms with van der Waals surface area (Å²) >= 11 is 0. The van der Waals surface area contributed by atoms with E-state index in [1.54, 1.807) is 18.2 Å². The first kappa shape index (κ1) is 39.1. The molecule has 3 rings (SSSR count). The average molecular weight is 692 g/mol. The number of amides is 1. The molecule has 0 spiro atoms. The number of nitrogens with one attached hydrogen (secondary N) is 1. The first-order valence-electron chi connectivity index (χ1n) is 16.4. The van der Waals surface area contributed by atoms with Crippen LogP contribution in [-0.4, -0.2) is 84.2 Å². The molecule has 0 aromatic heterocycles. The minimum absolute atomic E-state index is 0.0290. The molecule has 12 nitrogen and oxygen atoms in total. The number of alkyl carbamates (subject to hydrolysis) is 1. The van der Waals surface area contributed by atoms with E-state index in [9.17, 15) is 18.0 Å². The summed E-state index contributed by atoms with van der Waals surface area (Å²) in [6, 6.07) is 15.4. The van der Waals surface area contributed by atoms with Gasteiger partial charge in [-0.15, -0.1) is 6.58 Å². The molecule has 1 fully saturated rings. The number of rotatable bonds is 21. The lowest BCUT2D eigenvalue weighted by Gasteiger charge is -2.45. The fourth-order valence-corrected chi connectivity index (χ4v) is 5.65. The molecule has 48 heavy (non-hydrogen) atoms. The number of carbonyl (C=O) groups is 2. The number of aryl methyl sites for hydroxylation is 1. The summed E-state index contributed by atoms with van der Waals surface area (Å²) in [5.74, 6) is -0.680. The summed E-state index contributed by atoms with van der Waals surface area (Å²) < 4.78 is 67.4. The Morgan fingerprint density at radius 1 is 0.917 bits per heavy atom. The first-order valence-corrected chi connectivity index (χ1v) is 17.8. The van der Waals surface area contributed by atoms with Crippen LogP contribution in [0.5, 0.6) is 0 Å². The summed E-state index contributed by atoms with van der Waals surface area (Å²) in [6.45, 7) is 9.91. The molecular formula is C35H49NO11S. The van der Waals surface area contributed by atoms with Crippen LogP contribution >= 0.6 is 0 Å². The average Bonchev–Trinajstić information content (AvgIpc) is 3.08. The van der Waals surface area contributed by atoms with Crippen molar-refractivity contribution in [3.8, 4) is 0 Å². The Labute approximate surface area is 284 Å². The lowest BCUT2D eigenvalue weighted by molar-refractivity contribution is -0.315. The third kappa shape index (κ3) is 12.9. The van der Waals surface area contributed by atoms with Gasteiger partial charge >= 0.3 is 12.1 Å². The maximum Gasteiger partial charge on any atom is 0.407 e. The van der Waals surface area contributed by atoms with Gasteiger partial charge in [-0.3, -0.25) is 8.98 Å². The van der Waals surface area contributed by atoms with Crippen molar-refractivity contribution in [2.75, 3.05) is 33.0 Å². The second kappa shape index (κ2) is 20.9. The SMILES string of the molecule is C=CCOC1OC(COS(=O)(=O)c2ccc(C)cc2)C(OC(=O)CCNC(=O)OCc2ccccc2)C(OCCCC)C1OCCCC. The molecule has 1 saturated heterocycles. The molecule has 5 atom stereocenters. The zero-order valence-corrected chi connectivity index (χ0v) is 28.9. The molecule has 0 saturated carbocycles. The maximum absolute atomic E-state index is 13.2. The van der Waals surface area contributed by atoms with Crippen molar-refractivity contribution in [1.29, 1.82) is 0 Å². The molecule has 2 aromatic carbocycles. The van der Waals surface area contributed by atoms with Gasteiger partial charge in [-0.05, 0) is 37.5 Å². The van der Waals surface area contributed by atoms with E-state index in [2.05, 4.69) is 11.9 Å². The van der Waals surface area contributed by atoms with Crippen molar-refractivity contribution in [2.24, 2.45) is 0 Å². The zero-order chi connectivity index (χ0) is 34.8. The molecule has 0 bridgehead atoms. The predicted molar refractivity (Wildman–Crippen MR) is 178 cm³/mol. The number of unbranched alkanes of at least 4 members (excludes halogenated alkanes) is 2. The minimum atomic E-state index is -4.19. The molecule has 1 aliphatic rings. The molecule has 0 aliphatic carbocycles. The smallest absolute Gasteiger partial charge is 0.407 e. The van der Waals surface area contributed by atoms with E-state index in [4.69, 9.17) is 32.6 Å². The summed E-state index contributed by atoms with van der Waals surface area (Å²) in [5, 5.41) is 2.54. The summed E-state index contributed by atoms with van der Waals surface area (Å²) in [6.07, 6.45) is -1.11. The van der Waals surface area contributed by atoms with Crippen molar-refractivity contribution >= 4 is 22.2 Å². The lowest BCUT2D eigenvalue weighted by atomic mass is 9.98. The van der Waals surface area contributed by atoms with E-state index in [-0.39, 0.29) is 31.1 Å². The molecule has 1 N–H and O–H groups in total. The van der Waals surface area contributed by atoms with Gasteiger partial charge in [0, 0.05) is 19.8 Å². The molecule has 0 radical (unpaired) electrons. The van der Waals surface area contributed by atoms with E-state index in [0.717, 1.165) is 36.8 Å². The molecule has 13 heteroatoms. The van der Waals surface area contributed by atoms with E-state index in [1.165, 1.54) is 12.1 Å². The summed E-state index contributed by atoms with van der Waals surface area (Å²) in [7, 11) is -4.19. The minimum Gasteiger partial charge on any atom is -0.457 e. The van der Waals surface area contributed by atoms with Gasteiger partial charge in [0.1, 0.15) is 24.9 Å². The second-order valence-corrected chi connectivity index (χ2v) is 12.9. The Morgan fingerprint density at radius 3 is 2.23 bits per heavy atom. The number of hydrogen-bond donors (Lipinski definition) is 1. The molecule has 5 unspecified atom stereocenters. The molecule has 1 amide bonds. The zero-order valence-electron chi connectivity index (χ0n) is 28.0. The van der Waals surface area contributed by atoms with Gasteiger partial charge in [-0.1, -0.05) is 80.8 Å². The van der Waals surface area contributed by atoms with Crippen molar-refractivity contribution in [2.45, 2.75) is 95.1 Å².